The molecule has 0 bridgehead atoms. The molecule has 0 spiro atoms. The maximum absolute atomic E-state index is 5.64. The molecule has 2 nitrogen and oxygen atoms in total. The van der Waals surface area contributed by atoms with Crippen molar-refractivity contribution < 1.29 is 0 Å². The Morgan fingerprint density at radius 3 is 2.61 bits per heavy atom. The lowest BCUT2D eigenvalue weighted by atomic mass is 9.96. The minimum absolute atomic E-state index is 0.638. The van der Waals surface area contributed by atoms with Gasteiger partial charge in [0.2, 0.25) is 0 Å². The van der Waals surface area contributed by atoms with E-state index in [9.17, 15) is 0 Å². The highest BCUT2D eigenvalue weighted by Crippen LogP contribution is 2.25. The van der Waals surface area contributed by atoms with E-state index < -0.39 is 0 Å². The third-order valence-electron chi connectivity index (χ3n) is 4.08. The van der Waals surface area contributed by atoms with Crippen LogP contribution >= 0.6 is 0 Å². The minimum Gasteiger partial charge on any atom is -0.372 e. The predicted octanol–water partition coefficient (Wildman–Crippen LogP) is 3.55. The molecule has 0 amide bonds. The highest BCUT2D eigenvalue weighted by Gasteiger charge is 2.16. The van der Waals surface area contributed by atoms with Gasteiger partial charge in [0.25, 0.3) is 0 Å². The van der Waals surface area contributed by atoms with Crippen molar-refractivity contribution in [2.45, 2.75) is 45.6 Å². The summed E-state index contributed by atoms with van der Waals surface area (Å²) in [6.07, 6.45) is 6.83. The Labute approximate surface area is 111 Å². The van der Waals surface area contributed by atoms with Crippen molar-refractivity contribution in [3.05, 3.63) is 29.8 Å². The molecule has 100 valence electrons. The van der Waals surface area contributed by atoms with E-state index in [2.05, 4.69) is 36.1 Å². The zero-order valence-corrected chi connectivity index (χ0v) is 11.6. The van der Waals surface area contributed by atoms with Crippen molar-refractivity contribution in [1.82, 2.24) is 0 Å². The number of nitrogens with zero attached hydrogens (tertiary/aromatic N) is 1. The monoisotopic (exact) mass is 246 g/mol. The number of nitrogens with two attached hydrogens (primary N) is 1. The van der Waals surface area contributed by atoms with Crippen LogP contribution in [0.5, 0.6) is 0 Å². The van der Waals surface area contributed by atoms with Crippen LogP contribution in [0, 0.1) is 5.92 Å². The second-order valence-corrected chi connectivity index (χ2v) is 5.44. The largest absolute Gasteiger partial charge is 0.372 e. The fourth-order valence-corrected chi connectivity index (χ4v) is 2.96. The normalized spacial score (nSPS) is 20.8. The summed E-state index contributed by atoms with van der Waals surface area (Å²) in [7, 11) is 0. The van der Waals surface area contributed by atoms with E-state index >= 15 is 0 Å². The van der Waals surface area contributed by atoms with Crippen molar-refractivity contribution in [2.24, 2.45) is 11.7 Å². The lowest BCUT2D eigenvalue weighted by Gasteiger charge is -2.23. The summed E-state index contributed by atoms with van der Waals surface area (Å²) in [5.74, 6) is 0.948. The van der Waals surface area contributed by atoms with Gasteiger partial charge in [-0.3, -0.25) is 0 Å². The van der Waals surface area contributed by atoms with Crippen molar-refractivity contribution in [2.75, 3.05) is 18.0 Å². The Balaban J connectivity index is 1.96. The van der Waals surface area contributed by atoms with Crippen LogP contribution in [0.2, 0.25) is 0 Å². The van der Waals surface area contributed by atoms with Crippen LogP contribution in [0.15, 0.2) is 24.3 Å². The standard InChI is InChI=1S/C16H26N2/c1-2-4-14-5-3-11-18(12-10-14)16-8-6-15(13-17)7-9-16/h6-9,14H,2-5,10-13,17H2,1H3. The van der Waals surface area contributed by atoms with Gasteiger partial charge in [-0.1, -0.05) is 31.9 Å². The third-order valence-corrected chi connectivity index (χ3v) is 4.08. The van der Waals surface area contributed by atoms with Gasteiger partial charge in [-0.2, -0.15) is 0 Å². The lowest BCUT2D eigenvalue weighted by molar-refractivity contribution is 0.435. The quantitative estimate of drug-likeness (QED) is 0.880. The molecule has 1 aromatic rings. The zero-order valence-electron chi connectivity index (χ0n) is 11.6. The molecule has 1 saturated heterocycles. The van der Waals surface area contributed by atoms with Gasteiger partial charge in [0.1, 0.15) is 0 Å². The van der Waals surface area contributed by atoms with E-state index in [1.165, 1.54) is 56.4 Å². The van der Waals surface area contributed by atoms with Crippen molar-refractivity contribution >= 4 is 5.69 Å². The van der Waals surface area contributed by atoms with E-state index in [1.54, 1.807) is 0 Å². The van der Waals surface area contributed by atoms with Gasteiger partial charge < -0.3 is 10.6 Å². The van der Waals surface area contributed by atoms with Gasteiger partial charge in [-0.05, 0) is 42.9 Å². The smallest absolute Gasteiger partial charge is 0.0366 e. The maximum Gasteiger partial charge on any atom is 0.0366 e. The first kappa shape index (κ1) is 13.4. The molecular formula is C16H26N2. The zero-order chi connectivity index (χ0) is 12.8. The molecule has 0 aliphatic carbocycles. The summed E-state index contributed by atoms with van der Waals surface area (Å²) in [6.45, 7) is 5.36. The summed E-state index contributed by atoms with van der Waals surface area (Å²) in [5, 5.41) is 0. The first-order valence-corrected chi connectivity index (χ1v) is 7.37. The molecule has 1 unspecified atom stereocenters. The topological polar surface area (TPSA) is 29.3 Å². The van der Waals surface area contributed by atoms with E-state index in [-0.39, 0.29) is 0 Å². The van der Waals surface area contributed by atoms with E-state index in [0.717, 1.165) is 5.92 Å². The second-order valence-electron chi connectivity index (χ2n) is 5.44. The van der Waals surface area contributed by atoms with Crippen LogP contribution < -0.4 is 10.6 Å². The number of benzene rings is 1. The average Bonchev–Trinajstić information content (AvgIpc) is 2.65. The lowest BCUT2D eigenvalue weighted by Crippen LogP contribution is -2.24. The Morgan fingerprint density at radius 2 is 1.94 bits per heavy atom. The van der Waals surface area contributed by atoms with Crippen molar-refractivity contribution in [3.8, 4) is 0 Å². The summed E-state index contributed by atoms with van der Waals surface area (Å²) < 4.78 is 0. The maximum atomic E-state index is 5.64. The number of hydrogen-bond donors (Lipinski definition) is 1. The molecule has 1 fully saturated rings. The Bertz CT molecular complexity index is 345. The highest BCUT2D eigenvalue weighted by molar-refractivity contribution is 5.47. The molecule has 2 heteroatoms. The summed E-state index contributed by atoms with van der Waals surface area (Å²) in [5.41, 5.74) is 8.23. The molecule has 0 saturated carbocycles. The molecule has 2 N–H and O–H groups in total. The second kappa shape index (κ2) is 6.79. The molecule has 0 aromatic heterocycles. The summed E-state index contributed by atoms with van der Waals surface area (Å²) in [6, 6.07) is 8.76. The Hall–Kier alpha value is -1.02. The van der Waals surface area contributed by atoms with E-state index in [4.69, 9.17) is 5.73 Å². The van der Waals surface area contributed by atoms with Gasteiger partial charge >= 0.3 is 0 Å². The number of rotatable bonds is 4. The fourth-order valence-electron chi connectivity index (χ4n) is 2.96. The Morgan fingerprint density at radius 1 is 1.17 bits per heavy atom. The summed E-state index contributed by atoms with van der Waals surface area (Å²) in [4.78, 5) is 2.54. The van der Waals surface area contributed by atoms with Crippen LogP contribution in [0.1, 0.15) is 44.6 Å². The minimum atomic E-state index is 0.638. The molecule has 1 aromatic carbocycles. The molecule has 0 radical (unpaired) electrons. The van der Waals surface area contributed by atoms with Crippen LogP contribution in [0.25, 0.3) is 0 Å². The van der Waals surface area contributed by atoms with Crippen LogP contribution in [-0.2, 0) is 6.54 Å². The van der Waals surface area contributed by atoms with Crippen LogP contribution in [0.3, 0.4) is 0 Å². The summed E-state index contributed by atoms with van der Waals surface area (Å²) >= 11 is 0. The first-order valence-electron chi connectivity index (χ1n) is 7.37. The SMILES string of the molecule is CCCC1CCCN(c2ccc(CN)cc2)CC1. The number of anilines is 1. The van der Waals surface area contributed by atoms with Crippen molar-refractivity contribution in [3.63, 3.8) is 0 Å². The molecule has 1 heterocycles. The van der Waals surface area contributed by atoms with Gasteiger partial charge in [0.15, 0.2) is 0 Å². The third kappa shape index (κ3) is 3.49. The molecule has 18 heavy (non-hydrogen) atoms. The molecule has 1 aliphatic rings. The molecular weight excluding hydrogens is 220 g/mol. The average molecular weight is 246 g/mol. The van der Waals surface area contributed by atoms with Gasteiger partial charge in [-0.25, -0.2) is 0 Å². The predicted molar refractivity (Wildman–Crippen MR) is 78.8 cm³/mol. The van der Waals surface area contributed by atoms with E-state index in [1.807, 2.05) is 0 Å². The first-order chi connectivity index (χ1) is 8.83. The van der Waals surface area contributed by atoms with E-state index in [0.29, 0.717) is 6.54 Å². The Kier molecular flexibility index (Phi) is 5.06. The molecule has 2 rings (SSSR count). The number of hydrogen-bond acceptors (Lipinski definition) is 2. The van der Waals surface area contributed by atoms with Crippen molar-refractivity contribution in [1.29, 1.82) is 0 Å². The van der Waals surface area contributed by atoms with Crippen LogP contribution in [0.4, 0.5) is 5.69 Å². The van der Waals surface area contributed by atoms with Gasteiger partial charge in [0.05, 0.1) is 0 Å². The molecule has 1 atom stereocenters. The van der Waals surface area contributed by atoms with Gasteiger partial charge in [0, 0.05) is 25.3 Å². The van der Waals surface area contributed by atoms with Crippen LogP contribution in [-0.4, -0.2) is 13.1 Å². The molecule has 1 aliphatic heterocycles. The fraction of sp³-hybridized carbons (Fsp3) is 0.625. The highest BCUT2D eigenvalue weighted by atomic mass is 15.1. The van der Waals surface area contributed by atoms with Gasteiger partial charge in [-0.15, -0.1) is 0 Å².